The van der Waals surface area contributed by atoms with Gasteiger partial charge in [-0.3, -0.25) is 19.9 Å². The lowest BCUT2D eigenvalue weighted by Crippen LogP contribution is -2.52. The Labute approximate surface area is 207 Å². The topological polar surface area (TPSA) is 96.5 Å². The van der Waals surface area contributed by atoms with Gasteiger partial charge >= 0.3 is 0 Å². The highest BCUT2D eigenvalue weighted by Gasteiger charge is 2.32. The van der Waals surface area contributed by atoms with Gasteiger partial charge in [-0.15, -0.1) is 0 Å². The van der Waals surface area contributed by atoms with Crippen molar-refractivity contribution >= 4 is 33.3 Å². The van der Waals surface area contributed by atoms with E-state index >= 15 is 0 Å². The van der Waals surface area contributed by atoms with E-state index in [4.69, 9.17) is 4.74 Å². The summed E-state index contributed by atoms with van der Waals surface area (Å²) in [6.45, 7) is 4.61. The molecule has 2 aromatic heterocycles. The Bertz CT molecular complexity index is 1180. The summed E-state index contributed by atoms with van der Waals surface area (Å²) in [7, 11) is 2.00. The van der Waals surface area contributed by atoms with Crippen molar-refractivity contribution in [3.8, 4) is 11.3 Å². The predicted molar refractivity (Wildman–Crippen MR) is 134 cm³/mol. The van der Waals surface area contributed by atoms with Crippen LogP contribution in [0.4, 0.5) is 14.5 Å². The van der Waals surface area contributed by atoms with E-state index in [0.29, 0.717) is 24.0 Å². The van der Waals surface area contributed by atoms with Gasteiger partial charge in [-0.25, -0.2) is 9.37 Å². The third kappa shape index (κ3) is 5.83. The monoisotopic (exact) mass is 497 g/mol. The van der Waals surface area contributed by atoms with Crippen LogP contribution in [0.3, 0.4) is 0 Å². The number of benzene rings is 1. The predicted octanol–water partition coefficient (Wildman–Crippen LogP) is 4.11. The Kier molecular flexibility index (Phi) is 7.42. The van der Waals surface area contributed by atoms with E-state index in [1.54, 1.807) is 44.2 Å². The zero-order valence-electron chi connectivity index (χ0n) is 19.9. The molecule has 0 aliphatic carbocycles. The molecule has 1 aromatic carbocycles. The molecule has 3 heterocycles. The van der Waals surface area contributed by atoms with Gasteiger partial charge < -0.3 is 15.0 Å². The van der Waals surface area contributed by atoms with Crippen LogP contribution < -0.4 is 15.5 Å². The number of nitrogens with zero attached hydrogens (tertiary/aromatic N) is 3. The summed E-state index contributed by atoms with van der Waals surface area (Å²) in [5, 5.41) is 6.83. The van der Waals surface area contributed by atoms with Crippen molar-refractivity contribution in [2.24, 2.45) is 0 Å². The van der Waals surface area contributed by atoms with E-state index in [1.165, 1.54) is 29.7 Å². The molecule has 0 spiro atoms. The summed E-state index contributed by atoms with van der Waals surface area (Å²) in [5.74, 6) is -1.19. The van der Waals surface area contributed by atoms with Crippen molar-refractivity contribution in [2.75, 3.05) is 30.5 Å². The first-order valence-corrected chi connectivity index (χ1v) is 12.2. The SMILES string of the molecule is CN(c1sc(NC(=O)C(C)(C)NC(=O)c2ccccn2)nc1-c1ccc(F)cc1)C1CCOCC1. The number of carbonyl (C=O) groups excluding carboxylic acids is 2. The highest BCUT2D eigenvalue weighted by molar-refractivity contribution is 7.20. The third-order valence-electron chi connectivity index (χ3n) is 5.90. The summed E-state index contributed by atoms with van der Waals surface area (Å²) in [6.07, 6.45) is 3.28. The molecular formula is C25H28FN5O3S. The van der Waals surface area contributed by atoms with Gasteiger partial charge in [-0.05, 0) is 63.1 Å². The zero-order chi connectivity index (χ0) is 25.0. The van der Waals surface area contributed by atoms with Crippen LogP contribution in [-0.4, -0.2) is 53.6 Å². The number of halogens is 1. The van der Waals surface area contributed by atoms with E-state index < -0.39 is 17.4 Å². The van der Waals surface area contributed by atoms with Gasteiger partial charge in [0, 0.05) is 38.1 Å². The highest BCUT2D eigenvalue weighted by atomic mass is 32.1. The lowest BCUT2D eigenvalue weighted by atomic mass is 10.0. The first-order valence-electron chi connectivity index (χ1n) is 11.4. The van der Waals surface area contributed by atoms with Gasteiger partial charge in [-0.1, -0.05) is 17.4 Å². The van der Waals surface area contributed by atoms with Crippen LogP contribution in [-0.2, 0) is 9.53 Å². The van der Waals surface area contributed by atoms with Gasteiger partial charge in [-0.2, -0.15) is 0 Å². The molecule has 0 bridgehead atoms. The average molecular weight is 498 g/mol. The molecule has 35 heavy (non-hydrogen) atoms. The quantitative estimate of drug-likeness (QED) is 0.510. The van der Waals surface area contributed by atoms with Gasteiger partial charge in [0.05, 0.1) is 0 Å². The molecule has 0 saturated carbocycles. The fourth-order valence-corrected chi connectivity index (χ4v) is 4.81. The normalized spacial score (nSPS) is 14.4. The van der Waals surface area contributed by atoms with Crippen molar-refractivity contribution in [1.29, 1.82) is 0 Å². The number of carbonyl (C=O) groups is 2. The maximum absolute atomic E-state index is 13.5. The zero-order valence-corrected chi connectivity index (χ0v) is 20.7. The van der Waals surface area contributed by atoms with Crippen molar-refractivity contribution in [2.45, 2.75) is 38.3 Å². The first kappa shape index (κ1) is 24.7. The fraction of sp³-hybridized carbons (Fsp3) is 0.360. The minimum Gasteiger partial charge on any atom is -0.381 e. The molecular weight excluding hydrogens is 469 g/mol. The van der Waals surface area contributed by atoms with Gasteiger partial charge in [0.15, 0.2) is 5.13 Å². The van der Waals surface area contributed by atoms with E-state index in [9.17, 15) is 14.0 Å². The molecule has 3 aromatic rings. The lowest BCUT2D eigenvalue weighted by molar-refractivity contribution is -0.120. The number of rotatable bonds is 7. The Morgan fingerprint density at radius 1 is 1.14 bits per heavy atom. The minimum absolute atomic E-state index is 0.224. The summed E-state index contributed by atoms with van der Waals surface area (Å²) < 4.78 is 19.0. The van der Waals surface area contributed by atoms with E-state index in [1.807, 2.05) is 7.05 Å². The van der Waals surface area contributed by atoms with Crippen molar-refractivity contribution in [3.63, 3.8) is 0 Å². The number of aromatic nitrogens is 2. The average Bonchev–Trinajstić information content (AvgIpc) is 3.28. The molecule has 0 unspecified atom stereocenters. The summed E-state index contributed by atoms with van der Waals surface area (Å²) in [5.41, 5.74) is 0.416. The van der Waals surface area contributed by atoms with E-state index in [0.717, 1.165) is 23.4 Å². The highest BCUT2D eigenvalue weighted by Crippen LogP contribution is 2.40. The van der Waals surface area contributed by atoms with Gasteiger partial charge in [0.1, 0.15) is 27.7 Å². The molecule has 0 radical (unpaired) electrons. The van der Waals surface area contributed by atoms with Gasteiger partial charge in [0.2, 0.25) is 0 Å². The maximum atomic E-state index is 13.5. The molecule has 2 amide bonds. The number of pyridine rings is 1. The van der Waals surface area contributed by atoms with Crippen LogP contribution in [0.5, 0.6) is 0 Å². The largest absolute Gasteiger partial charge is 0.381 e. The second kappa shape index (κ2) is 10.5. The molecule has 184 valence electrons. The Hall–Kier alpha value is -3.37. The molecule has 10 heteroatoms. The van der Waals surface area contributed by atoms with Crippen molar-refractivity contribution in [1.82, 2.24) is 15.3 Å². The van der Waals surface area contributed by atoms with E-state index in [2.05, 4.69) is 25.5 Å². The molecule has 1 aliphatic rings. The Morgan fingerprint density at radius 2 is 1.86 bits per heavy atom. The van der Waals surface area contributed by atoms with Crippen LogP contribution in [0, 0.1) is 5.82 Å². The van der Waals surface area contributed by atoms with Crippen LogP contribution in [0.25, 0.3) is 11.3 Å². The molecule has 1 saturated heterocycles. The molecule has 1 fully saturated rings. The number of thiazole rings is 1. The number of nitrogens with one attached hydrogen (secondary N) is 2. The van der Waals surface area contributed by atoms with E-state index in [-0.39, 0.29) is 17.6 Å². The Morgan fingerprint density at radius 3 is 2.51 bits per heavy atom. The summed E-state index contributed by atoms with van der Waals surface area (Å²) >= 11 is 1.34. The number of amides is 2. The minimum atomic E-state index is -1.22. The lowest BCUT2D eigenvalue weighted by Gasteiger charge is -2.32. The van der Waals surface area contributed by atoms with Crippen LogP contribution in [0.2, 0.25) is 0 Å². The van der Waals surface area contributed by atoms with Crippen LogP contribution in [0.15, 0.2) is 48.7 Å². The van der Waals surface area contributed by atoms with Crippen molar-refractivity contribution < 1.29 is 18.7 Å². The standard InChI is InChI=1S/C25H28FN5O3S/c1-25(2,30-21(32)19-6-4-5-13-27-19)23(33)29-24-28-20(16-7-9-17(26)10-8-16)22(35-24)31(3)18-11-14-34-15-12-18/h4-10,13,18H,11-12,14-15H2,1-3H3,(H,30,32)(H,28,29,33). The number of hydrogen-bond acceptors (Lipinski definition) is 7. The first-order chi connectivity index (χ1) is 16.7. The second-order valence-corrected chi connectivity index (χ2v) is 9.86. The molecule has 0 atom stereocenters. The fourth-order valence-electron chi connectivity index (χ4n) is 3.79. The van der Waals surface area contributed by atoms with Crippen LogP contribution in [0.1, 0.15) is 37.2 Å². The molecule has 1 aliphatic heterocycles. The number of anilines is 2. The third-order valence-corrected chi connectivity index (χ3v) is 6.96. The molecule has 4 rings (SSSR count). The summed E-state index contributed by atoms with van der Waals surface area (Å²) in [4.78, 5) is 36.5. The van der Waals surface area contributed by atoms with Crippen molar-refractivity contribution in [3.05, 3.63) is 60.2 Å². The second-order valence-electron chi connectivity index (χ2n) is 8.88. The van der Waals surface area contributed by atoms with Crippen LogP contribution >= 0.6 is 11.3 Å². The number of ether oxygens (including phenoxy) is 1. The smallest absolute Gasteiger partial charge is 0.270 e. The number of hydrogen-bond donors (Lipinski definition) is 2. The molecule has 2 N–H and O–H groups in total. The molecule has 8 nitrogen and oxygen atoms in total. The Balaban J connectivity index is 1.57. The maximum Gasteiger partial charge on any atom is 0.270 e. The summed E-state index contributed by atoms with van der Waals surface area (Å²) in [6, 6.07) is 11.4. The van der Waals surface area contributed by atoms with Gasteiger partial charge in [0.25, 0.3) is 11.8 Å².